The third-order valence-corrected chi connectivity index (χ3v) is 4.62. The van der Waals surface area contributed by atoms with Crippen LogP contribution in [-0.4, -0.2) is 48.8 Å². The molecule has 9 heteroatoms. The van der Waals surface area contributed by atoms with E-state index in [2.05, 4.69) is 25.4 Å². The van der Waals surface area contributed by atoms with Gasteiger partial charge in [-0.25, -0.2) is 14.8 Å². The van der Waals surface area contributed by atoms with Crippen molar-refractivity contribution in [2.45, 2.75) is 19.4 Å². The first-order chi connectivity index (χ1) is 13.2. The van der Waals surface area contributed by atoms with Crippen LogP contribution in [-0.2, 0) is 13.5 Å². The van der Waals surface area contributed by atoms with Gasteiger partial charge in [0, 0.05) is 38.1 Å². The average molecular weight is 367 g/mol. The average Bonchev–Trinajstić information content (AvgIpc) is 3.31. The SMILES string of the molecule is CCOc1ncccc1NC(=O)N1CCc2[nH]cnc2C1c1ccnn1C. The Morgan fingerprint density at radius 2 is 2.26 bits per heavy atom. The van der Waals surface area contributed by atoms with E-state index in [9.17, 15) is 4.79 Å². The van der Waals surface area contributed by atoms with Gasteiger partial charge in [-0.1, -0.05) is 0 Å². The highest BCUT2D eigenvalue weighted by Gasteiger charge is 2.36. The van der Waals surface area contributed by atoms with Crippen LogP contribution in [0.2, 0.25) is 0 Å². The lowest BCUT2D eigenvalue weighted by molar-refractivity contribution is 0.189. The number of pyridine rings is 1. The van der Waals surface area contributed by atoms with E-state index in [0.29, 0.717) is 31.1 Å². The number of aromatic amines is 1. The maximum atomic E-state index is 13.1. The van der Waals surface area contributed by atoms with Crippen molar-refractivity contribution in [2.24, 2.45) is 7.05 Å². The molecule has 4 rings (SSSR count). The number of anilines is 1. The molecule has 0 aromatic carbocycles. The standard InChI is InChI=1S/C18H21N7O2/c1-3-27-17-13(5-4-8-19-17)23-18(26)25-10-7-12-15(21-11-20-12)16(25)14-6-9-22-24(14)2/h4-6,8-9,11,16H,3,7,10H2,1-2H3,(H,20,21)(H,23,26). The van der Waals surface area contributed by atoms with E-state index in [4.69, 9.17) is 4.74 Å². The summed E-state index contributed by atoms with van der Waals surface area (Å²) in [5.41, 5.74) is 3.33. The number of carbonyl (C=O) groups excluding carboxylic acids is 1. The smallest absolute Gasteiger partial charge is 0.322 e. The van der Waals surface area contributed by atoms with Crippen LogP contribution in [0.1, 0.15) is 30.0 Å². The summed E-state index contributed by atoms with van der Waals surface area (Å²) in [6, 6.07) is 4.89. The zero-order valence-electron chi connectivity index (χ0n) is 15.2. The van der Waals surface area contributed by atoms with Crippen LogP contribution >= 0.6 is 0 Å². The number of urea groups is 1. The van der Waals surface area contributed by atoms with Crippen molar-refractivity contribution in [3.05, 3.63) is 54.0 Å². The maximum Gasteiger partial charge on any atom is 0.322 e. The highest BCUT2D eigenvalue weighted by atomic mass is 16.5. The number of nitrogens with zero attached hydrogens (tertiary/aromatic N) is 5. The lowest BCUT2D eigenvalue weighted by Crippen LogP contribution is -2.43. The topological polar surface area (TPSA) is 101 Å². The molecule has 3 aromatic rings. The van der Waals surface area contributed by atoms with Gasteiger partial charge in [0.1, 0.15) is 11.7 Å². The summed E-state index contributed by atoms with van der Waals surface area (Å²) in [7, 11) is 1.86. The number of ether oxygens (including phenoxy) is 1. The Kier molecular flexibility index (Phi) is 4.49. The fraction of sp³-hybridized carbons (Fsp3) is 0.333. The Morgan fingerprint density at radius 3 is 3.04 bits per heavy atom. The predicted octanol–water partition coefficient (Wildman–Crippen LogP) is 2.12. The monoisotopic (exact) mass is 367 g/mol. The van der Waals surface area contributed by atoms with Gasteiger partial charge in [0.25, 0.3) is 0 Å². The number of hydrogen-bond donors (Lipinski definition) is 2. The Morgan fingerprint density at radius 1 is 1.37 bits per heavy atom. The number of imidazole rings is 1. The Balaban J connectivity index is 1.66. The van der Waals surface area contributed by atoms with Crippen molar-refractivity contribution in [3.63, 3.8) is 0 Å². The lowest BCUT2D eigenvalue weighted by atomic mass is 10.00. The van der Waals surface area contributed by atoms with Gasteiger partial charge in [-0.2, -0.15) is 5.10 Å². The van der Waals surface area contributed by atoms with Crippen molar-refractivity contribution in [2.75, 3.05) is 18.5 Å². The molecule has 1 aliphatic heterocycles. The van der Waals surface area contributed by atoms with Gasteiger partial charge >= 0.3 is 6.03 Å². The first-order valence-corrected chi connectivity index (χ1v) is 8.84. The van der Waals surface area contributed by atoms with Crippen molar-refractivity contribution in [1.82, 2.24) is 29.6 Å². The highest BCUT2D eigenvalue weighted by molar-refractivity contribution is 5.91. The predicted molar refractivity (Wildman–Crippen MR) is 98.5 cm³/mol. The van der Waals surface area contributed by atoms with Gasteiger partial charge in [-0.15, -0.1) is 0 Å². The molecule has 0 radical (unpaired) electrons. The number of aromatic nitrogens is 5. The molecular formula is C18H21N7O2. The van der Waals surface area contributed by atoms with E-state index < -0.39 is 0 Å². The summed E-state index contributed by atoms with van der Waals surface area (Å²) >= 11 is 0. The molecular weight excluding hydrogens is 346 g/mol. The molecule has 140 valence electrons. The number of H-pyrrole nitrogens is 1. The zero-order chi connectivity index (χ0) is 18.8. The van der Waals surface area contributed by atoms with Gasteiger partial charge in [-0.05, 0) is 25.1 Å². The molecule has 1 unspecified atom stereocenters. The molecule has 0 saturated carbocycles. The second kappa shape index (κ2) is 7.10. The van der Waals surface area contributed by atoms with E-state index in [1.165, 1.54) is 0 Å². The highest BCUT2D eigenvalue weighted by Crippen LogP contribution is 2.33. The summed E-state index contributed by atoms with van der Waals surface area (Å²) in [5.74, 6) is 0.405. The fourth-order valence-electron chi connectivity index (χ4n) is 3.37. The van der Waals surface area contributed by atoms with Crippen LogP contribution in [0.3, 0.4) is 0 Å². The first-order valence-electron chi connectivity index (χ1n) is 8.84. The minimum Gasteiger partial charge on any atom is -0.476 e. The summed E-state index contributed by atoms with van der Waals surface area (Å²) in [6.45, 7) is 2.90. The van der Waals surface area contributed by atoms with Crippen molar-refractivity contribution >= 4 is 11.7 Å². The normalized spacial score (nSPS) is 16.1. The molecule has 0 fully saturated rings. The maximum absolute atomic E-state index is 13.1. The molecule has 1 atom stereocenters. The third-order valence-electron chi connectivity index (χ3n) is 4.62. The number of carbonyl (C=O) groups is 1. The van der Waals surface area contributed by atoms with Crippen LogP contribution in [0.5, 0.6) is 5.88 Å². The van der Waals surface area contributed by atoms with Gasteiger partial charge in [0.2, 0.25) is 5.88 Å². The number of aryl methyl sites for hydroxylation is 1. The second-order valence-electron chi connectivity index (χ2n) is 6.21. The van der Waals surface area contributed by atoms with E-state index in [-0.39, 0.29) is 12.1 Å². The fourth-order valence-corrected chi connectivity index (χ4v) is 3.37. The Hall–Kier alpha value is -3.36. The number of nitrogens with one attached hydrogen (secondary N) is 2. The molecule has 9 nitrogen and oxygen atoms in total. The number of rotatable bonds is 4. The third kappa shape index (κ3) is 3.12. The molecule has 27 heavy (non-hydrogen) atoms. The van der Waals surface area contributed by atoms with Gasteiger partial charge in [0.15, 0.2) is 0 Å². The molecule has 0 saturated heterocycles. The number of amides is 2. The number of hydrogen-bond acceptors (Lipinski definition) is 5. The molecule has 2 N–H and O–H groups in total. The van der Waals surface area contributed by atoms with Crippen LogP contribution in [0.4, 0.5) is 10.5 Å². The van der Waals surface area contributed by atoms with E-state index >= 15 is 0 Å². The Bertz CT molecular complexity index is 949. The molecule has 0 spiro atoms. The van der Waals surface area contributed by atoms with E-state index in [1.54, 1.807) is 40.4 Å². The van der Waals surface area contributed by atoms with E-state index in [1.807, 2.05) is 20.0 Å². The zero-order valence-corrected chi connectivity index (χ0v) is 15.2. The second-order valence-corrected chi connectivity index (χ2v) is 6.21. The van der Waals surface area contributed by atoms with Crippen LogP contribution in [0.15, 0.2) is 36.9 Å². The minimum atomic E-state index is -0.320. The van der Waals surface area contributed by atoms with Gasteiger partial charge in [0.05, 0.1) is 24.3 Å². The van der Waals surface area contributed by atoms with Crippen LogP contribution in [0.25, 0.3) is 0 Å². The summed E-state index contributed by atoms with van der Waals surface area (Å²) in [4.78, 5) is 26.7. The number of fused-ring (bicyclic) bond motifs is 1. The van der Waals surface area contributed by atoms with Crippen LogP contribution < -0.4 is 10.1 Å². The molecule has 0 aliphatic carbocycles. The van der Waals surface area contributed by atoms with Crippen LogP contribution in [0, 0.1) is 0 Å². The quantitative estimate of drug-likeness (QED) is 0.735. The first kappa shape index (κ1) is 17.1. The summed E-state index contributed by atoms with van der Waals surface area (Å²) in [5, 5.41) is 7.19. The van der Waals surface area contributed by atoms with Crippen molar-refractivity contribution < 1.29 is 9.53 Å². The molecule has 0 bridgehead atoms. The largest absolute Gasteiger partial charge is 0.476 e. The summed E-state index contributed by atoms with van der Waals surface area (Å²) in [6.07, 6.45) is 5.74. The summed E-state index contributed by atoms with van der Waals surface area (Å²) < 4.78 is 7.28. The Labute approximate surface area is 156 Å². The van der Waals surface area contributed by atoms with Gasteiger partial charge in [-0.3, -0.25) is 4.68 Å². The molecule has 2 amide bonds. The molecule has 3 aromatic heterocycles. The lowest BCUT2D eigenvalue weighted by Gasteiger charge is -2.34. The van der Waals surface area contributed by atoms with Crippen molar-refractivity contribution in [3.8, 4) is 5.88 Å². The minimum absolute atomic E-state index is 0.233. The van der Waals surface area contributed by atoms with E-state index in [0.717, 1.165) is 17.1 Å². The van der Waals surface area contributed by atoms with Crippen molar-refractivity contribution in [1.29, 1.82) is 0 Å². The molecule has 4 heterocycles. The molecule has 1 aliphatic rings. The van der Waals surface area contributed by atoms with Gasteiger partial charge < -0.3 is 19.9 Å².